The van der Waals surface area contributed by atoms with Crippen molar-refractivity contribution in [2.45, 2.75) is 13.5 Å². The van der Waals surface area contributed by atoms with Gasteiger partial charge in [0.15, 0.2) is 0 Å². The number of methoxy groups -OCH3 is 1. The second-order valence-corrected chi connectivity index (χ2v) is 5.29. The van der Waals surface area contributed by atoms with Crippen LogP contribution in [-0.4, -0.2) is 13.7 Å². The molecule has 0 radical (unpaired) electrons. The van der Waals surface area contributed by atoms with Crippen molar-refractivity contribution in [2.75, 3.05) is 13.7 Å². The van der Waals surface area contributed by atoms with Gasteiger partial charge in [0.25, 0.3) is 0 Å². The molecule has 0 aliphatic carbocycles. The van der Waals surface area contributed by atoms with E-state index in [0.717, 1.165) is 22.3 Å². The highest BCUT2D eigenvalue weighted by Crippen LogP contribution is 2.34. The molecule has 0 heterocycles. The van der Waals surface area contributed by atoms with E-state index in [0.29, 0.717) is 18.0 Å². The fourth-order valence-corrected chi connectivity index (χ4v) is 2.29. The molecule has 0 saturated carbocycles. The van der Waals surface area contributed by atoms with E-state index in [1.54, 1.807) is 13.2 Å². The highest BCUT2D eigenvalue weighted by Gasteiger charge is 2.09. The Morgan fingerprint density at radius 2 is 1.90 bits per heavy atom. The van der Waals surface area contributed by atoms with Crippen molar-refractivity contribution >= 4 is 15.9 Å². The van der Waals surface area contributed by atoms with Gasteiger partial charge in [-0.15, -0.1) is 0 Å². The normalized spacial score (nSPS) is 10.5. The number of halogens is 2. The molecule has 112 valence electrons. The lowest BCUT2D eigenvalue weighted by Crippen LogP contribution is -2.12. The zero-order valence-corrected chi connectivity index (χ0v) is 13.5. The zero-order chi connectivity index (χ0) is 15.2. The van der Waals surface area contributed by atoms with Crippen molar-refractivity contribution in [1.29, 1.82) is 0 Å². The van der Waals surface area contributed by atoms with Gasteiger partial charge in [-0.2, -0.15) is 0 Å². The number of ether oxygens (including phenoxy) is 2. The summed E-state index contributed by atoms with van der Waals surface area (Å²) >= 11 is 3.44. The second-order valence-electron chi connectivity index (χ2n) is 4.43. The van der Waals surface area contributed by atoms with Gasteiger partial charge in [0.1, 0.15) is 23.1 Å². The van der Waals surface area contributed by atoms with E-state index < -0.39 is 0 Å². The minimum absolute atomic E-state index is 0.274. The van der Waals surface area contributed by atoms with E-state index in [4.69, 9.17) is 9.47 Å². The number of hydrogen-bond donors (Lipinski definition) is 1. The summed E-state index contributed by atoms with van der Waals surface area (Å²) in [6, 6.07) is 9.95. The summed E-state index contributed by atoms with van der Waals surface area (Å²) < 4.78 is 25.2. The summed E-state index contributed by atoms with van der Waals surface area (Å²) in [4.78, 5) is 0. The molecule has 0 aliphatic heterocycles. The van der Waals surface area contributed by atoms with Crippen molar-refractivity contribution in [3.8, 4) is 17.2 Å². The Balaban J connectivity index is 2.26. The maximum Gasteiger partial charge on any atom is 0.141 e. The average Bonchev–Trinajstić information content (AvgIpc) is 2.49. The predicted molar refractivity (Wildman–Crippen MR) is 84.5 cm³/mol. The lowest BCUT2D eigenvalue weighted by molar-refractivity contribution is 0.412. The third-order valence-corrected chi connectivity index (χ3v) is 3.57. The number of benzene rings is 2. The number of hydrogen-bond acceptors (Lipinski definition) is 3. The Labute approximate surface area is 132 Å². The predicted octanol–water partition coefficient (Wildman–Crippen LogP) is 4.50. The minimum Gasteiger partial charge on any atom is -0.497 e. The summed E-state index contributed by atoms with van der Waals surface area (Å²) in [5, 5.41) is 3.17. The molecule has 5 heteroatoms. The van der Waals surface area contributed by atoms with Gasteiger partial charge in [0, 0.05) is 12.1 Å². The fraction of sp³-hybridized carbons (Fsp3) is 0.250. The van der Waals surface area contributed by atoms with Crippen LogP contribution in [0.25, 0.3) is 0 Å². The Morgan fingerprint density at radius 1 is 1.14 bits per heavy atom. The average molecular weight is 354 g/mol. The van der Waals surface area contributed by atoms with Crippen LogP contribution >= 0.6 is 15.9 Å². The topological polar surface area (TPSA) is 30.5 Å². The van der Waals surface area contributed by atoms with E-state index in [9.17, 15) is 4.39 Å². The molecule has 21 heavy (non-hydrogen) atoms. The van der Waals surface area contributed by atoms with Crippen LogP contribution in [0.3, 0.4) is 0 Å². The van der Waals surface area contributed by atoms with Crippen LogP contribution in [0.4, 0.5) is 4.39 Å². The first-order chi connectivity index (χ1) is 10.1. The van der Waals surface area contributed by atoms with Crippen molar-refractivity contribution < 1.29 is 13.9 Å². The Bertz CT molecular complexity index is 619. The molecule has 0 atom stereocenters. The van der Waals surface area contributed by atoms with Gasteiger partial charge in [0.05, 0.1) is 11.6 Å². The summed E-state index contributed by atoms with van der Waals surface area (Å²) in [6.07, 6.45) is 0. The Hall–Kier alpha value is -1.59. The summed E-state index contributed by atoms with van der Waals surface area (Å²) in [5.74, 6) is 1.74. The van der Waals surface area contributed by atoms with Gasteiger partial charge in [-0.1, -0.05) is 6.92 Å². The molecular weight excluding hydrogens is 337 g/mol. The van der Waals surface area contributed by atoms with Crippen LogP contribution < -0.4 is 14.8 Å². The maximum absolute atomic E-state index is 13.4. The molecule has 3 nitrogen and oxygen atoms in total. The number of nitrogens with one attached hydrogen (secondary N) is 1. The molecule has 0 aromatic heterocycles. The van der Waals surface area contributed by atoms with Crippen LogP contribution in [0.2, 0.25) is 0 Å². The van der Waals surface area contributed by atoms with Crippen molar-refractivity contribution in [3.05, 3.63) is 52.3 Å². The minimum atomic E-state index is -0.274. The van der Waals surface area contributed by atoms with Crippen LogP contribution in [-0.2, 0) is 6.54 Å². The largest absolute Gasteiger partial charge is 0.497 e. The molecule has 1 N–H and O–H groups in total. The highest BCUT2D eigenvalue weighted by molar-refractivity contribution is 9.10. The second kappa shape index (κ2) is 7.43. The van der Waals surface area contributed by atoms with Crippen molar-refractivity contribution in [2.24, 2.45) is 0 Å². The first-order valence-corrected chi connectivity index (χ1v) is 7.44. The lowest BCUT2D eigenvalue weighted by Gasteiger charge is -2.13. The molecule has 0 fully saturated rings. The third-order valence-electron chi connectivity index (χ3n) is 2.95. The summed E-state index contributed by atoms with van der Waals surface area (Å²) in [5.41, 5.74) is 0.777. The van der Waals surface area contributed by atoms with E-state index in [2.05, 4.69) is 21.2 Å². The third kappa shape index (κ3) is 4.19. The quantitative estimate of drug-likeness (QED) is 0.829. The standard InChI is InChI=1S/C16H17BrFNO2/c1-3-19-10-11-8-12(18)4-6-15(11)21-16-7-5-13(20-2)9-14(16)17/h4-9,19H,3,10H2,1-2H3. The van der Waals surface area contributed by atoms with Gasteiger partial charge in [0.2, 0.25) is 0 Å². The van der Waals surface area contributed by atoms with Crippen molar-refractivity contribution in [1.82, 2.24) is 5.32 Å². The first-order valence-electron chi connectivity index (χ1n) is 6.64. The van der Waals surface area contributed by atoms with Gasteiger partial charge in [-0.05, 0) is 58.9 Å². The van der Waals surface area contributed by atoms with Crippen molar-refractivity contribution in [3.63, 3.8) is 0 Å². The molecule has 2 aromatic carbocycles. The molecule has 0 unspecified atom stereocenters. The Morgan fingerprint density at radius 3 is 2.57 bits per heavy atom. The molecule has 0 spiro atoms. The lowest BCUT2D eigenvalue weighted by atomic mass is 10.2. The van der Waals surface area contributed by atoms with E-state index in [-0.39, 0.29) is 5.82 Å². The van der Waals surface area contributed by atoms with Crippen LogP contribution in [0.15, 0.2) is 40.9 Å². The molecule has 0 saturated heterocycles. The smallest absolute Gasteiger partial charge is 0.141 e. The number of rotatable bonds is 6. The molecule has 0 amide bonds. The van der Waals surface area contributed by atoms with Gasteiger partial charge in [-0.25, -0.2) is 4.39 Å². The molecule has 0 aliphatic rings. The van der Waals surface area contributed by atoms with Crippen LogP contribution in [0, 0.1) is 5.82 Å². The first kappa shape index (κ1) is 15.8. The summed E-state index contributed by atoms with van der Waals surface area (Å²) in [7, 11) is 1.61. The van der Waals surface area contributed by atoms with E-state index >= 15 is 0 Å². The zero-order valence-electron chi connectivity index (χ0n) is 12.0. The molecule has 2 rings (SSSR count). The van der Waals surface area contributed by atoms with E-state index in [1.807, 2.05) is 25.1 Å². The van der Waals surface area contributed by atoms with E-state index in [1.165, 1.54) is 12.1 Å². The maximum atomic E-state index is 13.4. The SMILES string of the molecule is CCNCc1cc(F)ccc1Oc1ccc(OC)cc1Br. The molecule has 2 aromatic rings. The highest BCUT2D eigenvalue weighted by atomic mass is 79.9. The van der Waals surface area contributed by atoms with Gasteiger partial charge in [-0.3, -0.25) is 0 Å². The van der Waals surface area contributed by atoms with Crippen LogP contribution in [0.5, 0.6) is 17.2 Å². The fourth-order valence-electron chi connectivity index (χ4n) is 1.86. The molecular formula is C16H17BrFNO2. The Kier molecular flexibility index (Phi) is 5.59. The molecule has 0 bridgehead atoms. The summed E-state index contributed by atoms with van der Waals surface area (Å²) in [6.45, 7) is 3.36. The van der Waals surface area contributed by atoms with Crippen LogP contribution in [0.1, 0.15) is 12.5 Å². The van der Waals surface area contributed by atoms with Gasteiger partial charge < -0.3 is 14.8 Å². The van der Waals surface area contributed by atoms with Gasteiger partial charge >= 0.3 is 0 Å². The monoisotopic (exact) mass is 353 g/mol.